The molecule has 1 atom stereocenters. The quantitative estimate of drug-likeness (QED) is 0.682. The van der Waals surface area contributed by atoms with Gasteiger partial charge in [-0.05, 0) is 42.2 Å². The minimum atomic E-state index is -5.08. The van der Waals surface area contributed by atoms with Crippen LogP contribution in [0.2, 0.25) is 0 Å². The predicted molar refractivity (Wildman–Crippen MR) is 116 cm³/mol. The van der Waals surface area contributed by atoms with E-state index in [1.807, 2.05) is 35.2 Å². The van der Waals surface area contributed by atoms with E-state index in [1.165, 1.54) is 5.56 Å². The summed E-state index contributed by atoms with van der Waals surface area (Å²) in [5.41, 5.74) is 3.19. The smallest absolute Gasteiger partial charge is 0.475 e. The number of alkyl halides is 3. The summed E-state index contributed by atoms with van der Waals surface area (Å²) < 4.78 is 43.7. The number of nitrogens with zero attached hydrogens (tertiary/aromatic N) is 2. The SMILES string of the molecule is Cc1ccccc1CC(=O)N1CC2(C1)OCCC2COCc1ccncc1.O=C(O)C(F)(F)F. The first-order valence-corrected chi connectivity index (χ1v) is 10.8. The van der Waals surface area contributed by atoms with Crippen LogP contribution in [0.15, 0.2) is 48.8 Å². The molecule has 0 radical (unpaired) electrons. The molecule has 7 nitrogen and oxygen atoms in total. The van der Waals surface area contributed by atoms with E-state index < -0.39 is 12.1 Å². The van der Waals surface area contributed by atoms with Gasteiger partial charge in [0.15, 0.2) is 0 Å². The number of aromatic nitrogens is 1. The molecule has 2 aromatic rings. The first kappa shape index (κ1) is 25.6. The molecule has 3 heterocycles. The summed E-state index contributed by atoms with van der Waals surface area (Å²) >= 11 is 0. The molecule has 1 aromatic heterocycles. The summed E-state index contributed by atoms with van der Waals surface area (Å²) in [6.07, 6.45) is -0.0619. The highest BCUT2D eigenvalue weighted by Crippen LogP contribution is 2.40. The lowest BCUT2D eigenvalue weighted by atomic mass is 9.81. The van der Waals surface area contributed by atoms with E-state index >= 15 is 0 Å². The number of carboxylic acid groups (broad SMARTS) is 1. The van der Waals surface area contributed by atoms with E-state index in [4.69, 9.17) is 19.4 Å². The van der Waals surface area contributed by atoms with Gasteiger partial charge in [0, 0.05) is 24.9 Å². The van der Waals surface area contributed by atoms with Crippen molar-refractivity contribution in [3.63, 3.8) is 0 Å². The molecule has 2 aliphatic rings. The third-order valence-electron chi connectivity index (χ3n) is 6.05. The maximum atomic E-state index is 12.6. The fraction of sp³-hybridized carbons (Fsp3) is 0.458. The zero-order valence-corrected chi connectivity index (χ0v) is 18.8. The predicted octanol–water partition coefficient (Wildman–Crippen LogP) is 3.40. The largest absolute Gasteiger partial charge is 0.490 e. The highest BCUT2D eigenvalue weighted by molar-refractivity contribution is 5.80. The van der Waals surface area contributed by atoms with Crippen molar-refractivity contribution in [3.05, 3.63) is 65.5 Å². The Kier molecular flexibility index (Phi) is 8.27. The molecule has 1 aromatic carbocycles. The normalized spacial score (nSPS) is 18.7. The molecule has 4 rings (SSSR count). The van der Waals surface area contributed by atoms with Crippen LogP contribution in [0.3, 0.4) is 0 Å². The number of carbonyl (C=O) groups is 2. The fourth-order valence-corrected chi connectivity index (χ4v) is 4.03. The van der Waals surface area contributed by atoms with Crippen LogP contribution in [0.25, 0.3) is 0 Å². The number of amides is 1. The van der Waals surface area contributed by atoms with Gasteiger partial charge in [-0.25, -0.2) is 4.79 Å². The molecule has 1 N–H and O–H groups in total. The number of hydrogen-bond donors (Lipinski definition) is 1. The molecule has 2 saturated heterocycles. The number of rotatable bonds is 6. The monoisotopic (exact) mass is 480 g/mol. The molecule has 0 aliphatic carbocycles. The Balaban J connectivity index is 0.000000406. The summed E-state index contributed by atoms with van der Waals surface area (Å²) in [6.45, 7) is 5.43. The zero-order chi connectivity index (χ0) is 24.8. The van der Waals surface area contributed by atoms with Crippen LogP contribution in [0, 0.1) is 12.8 Å². The Morgan fingerprint density at radius 1 is 1.21 bits per heavy atom. The van der Waals surface area contributed by atoms with Gasteiger partial charge in [-0.1, -0.05) is 24.3 Å². The van der Waals surface area contributed by atoms with Gasteiger partial charge in [-0.3, -0.25) is 9.78 Å². The summed E-state index contributed by atoms with van der Waals surface area (Å²) in [5.74, 6) is -2.23. The zero-order valence-electron chi connectivity index (χ0n) is 18.8. The minimum Gasteiger partial charge on any atom is -0.475 e. The van der Waals surface area contributed by atoms with Gasteiger partial charge in [-0.15, -0.1) is 0 Å². The topological polar surface area (TPSA) is 89.0 Å². The van der Waals surface area contributed by atoms with Gasteiger partial charge in [0.25, 0.3) is 0 Å². The number of aliphatic carboxylic acids is 1. The van der Waals surface area contributed by atoms with Crippen molar-refractivity contribution in [1.29, 1.82) is 0 Å². The fourth-order valence-electron chi connectivity index (χ4n) is 4.03. The molecule has 1 spiro atoms. The van der Waals surface area contributed by atoms with Crippen LogP contribution < -0.4 is 0 Å². The van der Waals surface area contributed by atoms with E-state index in [0.717, 1.165) is 24.2 Å². The number of ether oxygens (including phenoxy) is 2. The number of carboxylic acids is 1. The second-order valence-corrected chi connectivity index (χ2v) is 8.43. The lowest BCUT2D eigenvalue weighted by Gasteiger charge is -2.50. The van der Waals surface area contributed by atoms with Crippen molar-refractivity contribution < 1.29 is 37.3 Å². The summed E-state index contributed by atoms with van der Waals surface area (Å²) in [4.78, 5) is 27.5. The van der Waals surface area contributed by atoms with Crippen molar-refractivity contribution in [1.82, 2.24) is 9.88 Å². The van der Waals surface area contributed by atoms with E-state index in [0.29, 0.717) is 38.6 Å². The first-order chi connectivity index (χ1) is 16.1. The number of hydrogen-bond acceptors (Lipinski definition) is 5. The summed E-state index contributed by atoms with van der Waals surface area (Å²) in [5, 5.41) is 7.12. The number of halogens is 3. The first-order valence-electron chi connectivity index (χ1n) is 10.8. The van der Waals surface area contributed by atoms with Gasteiger partial charge in [-0.2, -0.15) is 13.2 Å². The standard InChI is InChI=1S/C22H26N2O3.C2HF3O2/c1-17-4-2-3-5-19(17)12-21(25)24-15-22(16-24)20(8-11-27-22)14-26-13-18-6-9-23-10-7-18;3-2(4,5)1(6)7/h2-7,9-10,20H,8,11-16H2,1H3;(H,6,7). The second kappa shape index (κ2) is 11.0. The molecular formula is C24H27F3N2O5. The maximum Gasteiger partial charge on any atom is 0.490 e. The molecule has 0 saturated carbocycles. The van der Waals surface area contributed by atoms with Crippen LogP contribution >= 0.6 is 0 Å². The summed E-state index contributed by atoms with van der Waals surface area (Å²) in [7, 11) is 0. The minimum absolute atomic E-state index is 0.182. The second-order valence-electron chi connectivity index (χ2n) is 8.43. The third kappa shape index (κ3) is 6.54. The molecular weight excluding hydrogens is 453 g/mol. The van der Waals surface area contributed by atoms with Gasteiger partial charge >= 0.3 is 12.1 Å². The number of carbonyl (C=O) groups excluding carboxylic acids is 1. The van der Waals surface area contributed by atoms with Gasteiger partial charge in [0.2, 0.25) is 5.91 Å². The van der Waals surface area contributed by atoms with Gasteiger partial charge in [0.1, 0.15) is 5.60 Å². The Morgan fingerprint density at radius 3 is 2.47 bits per heavy atom. The number of benzene rings is 1. The van der Waals surface area contributed by atoms with E-state index in [9.17, 15) is 18.0 Å². The van der Waals surface area contributed by atoms with Crippen molar-refractivity contribution in [2.45, 2.75) is 38.1 Å². The highest BCUT2D eigenvalue weighted by atomic mass is 19.4. The van der Waals surface area contributed by atoms with Crippen molar-refractivity contribution in [2.24, 2.45) is 5.92 Å². The van der Waals surface area contributed by atoms with Crippen molar-refractivity contribution in [3.8, 4) is 0 Å². The Hall–Kier alpha value is -2.98. The lowest BCUT2D eigenvalue weighted by molar-refractivity contribution is -0.192. The Bertz CT molecular complexity index is 978. The average Bonchev–Trinajstić information content (AvgIpc) is 3.19. The van der Waals surface area contributed by atoms with E-state index in [1.54, 1.807) is 12.4 Å². The van der Waals surface area contributed by atoms with Crippen LogP contribution in [-0.4, -0.2) is 64.9 Å². The van der Waals surface area contributed by atoms with Crippen LogP contribution in [-0.2, 0) is 32.1 Å². The Morgan fingerprint density at radius 2 is 1.85 bits per heavy atom. The van der Waals surface area contributed by atoms with Crippen molar-refractivity contribution in [2.75, 3.05) is 26.3 Å². The molecule has 1 amide bonds. The molecule has 2 fully saturated rings. The molecule has 10 heteroatoms. The van der Waals surface area contributed by atoms with Crippen LogP contribution in [0.1, 0.15) is 23.1 Å². The highest BCUT2D eigenvalue weighted by Gasteiger charge is 2.54. The number of pyridine rings is 1. The third-order valence-corrected chi connectivity index (χ3v) is 6.05. The lowest BCUT2D eigenvalue weighted by Crippen LogP contribution is -2.66. The van der Waals surface area contributed by atoms with Crippen molar-refractivity contribution >= 4 is 11.9 Å². The number of aryl methyl sites for hydroxylation is 1. The number of likely N-dealkylation sites (tertiary alicyclic amines) is 1. The molecule has 2 aliphatic heterocycles. The van der Waals surface area contributed by atoms with Crippen LogP contribution in [0.4, 0.5) is 13.2 Å². The maximum absolute atomic E-state index is 12.6. The summed E-state index contributed by atoms with van der Waals surface area (Å²) in [6, 6.07) is 12.0. The molecule has 34 heavy (non-hydrogen) atoms. The van der Waals surface area contributed by atoms with Gasteiger partial charge in [0.05, 0.1) is 32.7 Å². The van der Waals surface area contributed by atoms with Crippen LogP contribution in [0.5, 0.6) is 0 Å². The molecule has 0 bridgehead atoms. The Labute approximate surface area is 195 Å². The average molecular weight is 480 g/mol. The molecule has 184 valence electrons. The molecule has 1 unspecified atom stereocenters. The van der Waals surface area contributed by atoms with E-state index in [-0.39, 0.29) is 11.5 Å². The van der Waals surface area contributed by atoms with E-state index in [2.05, 4.69) is 18.0 Å². The van der Waals surface area contributed by atoms with Gasteiger partial charge < -0.3 is 19.5 Å².